The average molecular weight is 632 g/mol. The van der Waals surface area contributed by atoms with Gasteiger partial charge in [0, 0.05) is 10.8 Å². The third-order valence-corrected chi connectivity index (χ3v) is 9.39. The minimum atomic E-state index is -0.619. The molecular formula is C48H30O. The van der Waals surface area contributed by atoms with Crippen molar-refractivity contribution in [2.24, 2.45) is 0 Å². The summed E-state index contributed by atoms with van der Waals surface area (Å²) in [4.78, 5) is 0. The smallest absolute Gasteiger partial charge is 0.136 e. The molecule has 0 aliphatic carbocycles. The molecule has 0 saturated heterocycles. The molecule has 0 aliphatic heterocycles. The largest absolute Gasteiger partial charge is 0.456 e. The van der Waals surface area contributed by atoms with Crippen LogP contribution < -0.4 is 0 Å². The Morgan fingerprint density at radius 3 is 1.82 bits per heavy atom. The van der Waals surface area contributed by atoms with Gasteiger partial charge in [0.25, 0.3) is 0 Å². The molecule has 0 fully saturated rings. The topological polar surface area (TPSA) is 13.1 Å². The van der Waals surface area contributed by atoms with Crippen molar-refractivity contribution < 1.29 is 16.8 Å². The molecule has 1 aromatic heterocycles. The van der Waals surface area contributed by atoms with Gasteiger partial charge < -0.3 is 4.42 Å². The van der Waals surface area contributed by atoms with Crippen LogP contribution in [-0.2, 0) is 0 Å². The Balaban J connectivity index is 1.35. The van der Waals surface area contributed by atoms with Crippen molar-refractivity contribution in [1.82, 2.24) is 0 Å². The van der Waals surface area contributed by atoms with E-state index >= 15 is 0 Å². The molecule has 0 saturated carbocycles. The van der Waals surface area contributed by atoms with Gasteiger partial charge in [-0.1, -0.05) is 158 Å². The summed E-state index contributed by atoms with van der Waals surface area (Å²) in [6.45, 7) is 0. The fourth-order valence-electron chi connectivity index (χ4n) is 7.21. The second kappa shape index (κ2) is 11.1. The molecule has 0 atom stereocenters. The van der Waals surface area contributed by atoms with Crippen molar-refractivity contribution in [2.45, 2.75) is 0 Å². The fraction of sp³-hybridized carbons (Fsp3) is 0. The molecule has 10 aromatic rings. The lowest BCUT2D eigenvalue weighted by molar-refractivity contribution is 0.669. The lowest BCUT2D eigenvalue weighted by Gasteiger charge is -2.19. The summed E-state index contributed by atoms with van der Waals surface area (Å²) >= 11 is 0. The zero-order valence-corrected chi connectivity index (χ0v) is 26.0. The predicted octanol–water partition coefficient (Wildman–Crippen LogP) is 13.7. The summed E-state index contributed by atoms with van der Waals surface area (Å²) in [5, 5.41) is 7.11. The van der Waals surface area contributed by atoms with Crippen LogP contribution in [0.4, 0.5) is 0 Å². The fourth-order valence-corrected chi connectivity index (χ4v) is 7.21. The molecule has 0 amide bonds. The maximum Gasteiger partial charge on any atom is 0.136 e. The minimum absolute atomic E-state index is 0.0440. The van der Waals surface area contributed by atoms with Crippen LogP contribution in [0, 0.1) is 0 Å². The van der Waals surface area contributed by atoms with Gasteiger partial charge in [-0.2, -0.15) is 0 Å². The number of benzene rings is 9. The third-order valence-electron chi connectivity index (χ3n) is 9.39. The Hall–Kier alpha value is -6.44. The van der Waals surface area contributed by atoms with E-state index in [9.17, 15) is 5.48 Å². The number of fused-ring (bicyclic) bond motifs is 6. The van der Waals surface area contributed by atoms with E-state index in [0.29, 0.717) is 16.3 Å². The van der Waals surface area contributed by atoms with Gasteiger partial charge in [-0.05, 0) is 101 Å². The zero-order chi connectivity index (χ0) is 40.1. The Bertz CT molecular complexity index is 3330. The molecule has 49 heavy (non-hydrogen) atoms. The van der Waals surface area contributed by atoms with Gasteiger partial charge in [-0.25, -0.2) is 0 Å². The van der Waals surface area contributed by atoms with Crippen molar-refractivity contribution in [1.29, 1.82) is 0 Å². The van der Waals surface area contributed by atoms with E-state index in [-0.39, 0.29) is 28.8 Å². The first-order valence-electron chi connectivity index (χ1n) is 20.6. The third kappa shape index (κ3) is 4.47. The quantitative estimate of drug-likeness (QED) is 0.176. The summed E-state index contributed by atoms with van der Waals surface area (Å²) in [5.41, 5.74) is 5.00. The summed E-state index contributed by atoms with van der Waals surface area (Å²) in [5.74, 6) is 0. The summed E-state index contributed by atoms with van der Waals surface area (Å²) in [7, 11) is 0. The monoisotopic (exact) mass is 631 g/mol. The minimum Gasteiger partial charge on any atom is -0.456 e. The van der Waals surface area contributed by atoms with Crippen LogP contribution >= 0.6 is 0 Å². The lowest BCUT2D eigenvalue weighted by Crippen LogP contribution is -1.92. The molecule has 0 spiro atoms. The first-order valence-corrected chi connectivity index (χ1v) is 16.1. The van der Waals surface area contributed by atoms with Crippen molar-refractivity contribution in [3.63, 3.8) is 0 Å². The summed E-state index contributed by atoms with van der Waals surface area (Å²) in [6, 6.07) is 37.4. The Kier molecular flexibility index (Phi) is 4.53. The first-order chi connectivity index (χ1) is 28.0. The summed E-state index contributed by atoms with van der Waals surface area (Å²) < 4.78 is 86.0. The van der Waals surface area contributed by atoms with Crippen LogP contribution in [0.3, 0.4) is 0 Å². The van der Waals surface area contributed by atoms with E-state index in [2.05, 4.69) is 42.5 Å². The molecule has 0 radical (unpaired) electrons. The van der Waals surface area contributed by atoms with Crippen LogP contribution in [0.2, 0.25) is 0 Å². The lowest BCUT2D eigenvalue weighted by atomic mass is 9.83. The van der Waals surface area contributed by atoms with Crippen molar-refractivity contribution in [3.8, 4) is 44.5 Å². The van der Waals surface area contributed by atoms with Crippen molar-refractivity contribution in [2.75, 3.05) is 0 Å². The van der Waals surface area contributed by atoms with E-state index in [0.717, 1.165) is 65.7 Å². The van der Waals surface area contributed by atoms with Gasteiger partial charge in [0.1, 0.15) is 11.2 Å². The molecular weight excluding hydrogens is 593 g/mol. The van der Waals surface area contributed by atoms with Gasteiger partial charge in [0.15, 0.2) is 0 Å². The second-order valence-corrected chi connectivity index (χ2v) is 12.1. The highest BCUT2D eigenvalue weighted by Crippen LogP contribution is 2.48. The van der Waals surface area contributed by atoms with E-state index in [1.54, 1.807) is 0 Å². The van der Waals surface area contributed by atoms with Crippen molar-refractivity contribution in [3.05, 3.63) is 182 Å². The van der Waals surface area contributed by atoms with Crippen LogP contribution in [0.25, 0.3) is 98.8 Å². The number of hydrogen-bond acceptors (Lipinski definition) is 1. The van der Waals surface area contributed by atoms with Gasteiger partial charge in [0.05, 0.1) is 12.3 Å². The maximum absolute atomic E-state index is 9.52. The maximum atomic E-state index is 9.52. The standard InChI is InChI=1S/C48H30O/c1-3-12-31(13-4-1)33-22-24-34(25-23-33)46-38-18-9-10-19-39(38)47(40-27-26-37(28-42(40)46)32-14-5-2-6-15-32)41-20-11-21-44-48(41)43-29-35-16-7-8-17-36(35)30-45(43)49-44/h1-30H/i1D,3D,4D,12D,13D,22D,23D,24D,25D. The van der Waals surface area contributed by atoms with E-state index in [1.165, 1.54) is 0 Å². The molecule has 0 unspecified atom stereocenters. The average Bonchev–Trinajstić information content (AvgIpc) is 3.62. The van der Waals surface area contributed by atoms with E-state index in [1.807, 2.05) is 84.9 Å². The van der Waals surface area contributed by atoms with Gasteiger partial charge in [-0.15, -0.1) is 0 Å². The predicted molar refractivity (Wildman–Crippen MR) is 208 cm³/mol. The Morgan fingerprint density at radius 1 is 0.367 bits per heavy atom. The molecule has 9 aromatic carbocycles. The molecule has 228 valence electrons. The molecule has 0 bridgehead atoms. The second-order valence-electron chi connectivity index (χ2n) is 12.1. The number of rotatable bonds is 4. The van der Waals surface area contributed by atoms with Crippen LogP contribution in [-0.4, -0.2) is 0 Å². The van der Waals surface area contributed by atoms with Crippen LogP contribution in [0.15, 0.2) is 186 Å². The normalized spacial score (nSPS) is 14.2. The Labute approximate surface area is 297 Å². The molecule has 1 heteroatoms. The highest BCUT2D eigenvalue weighted by atomic mass is 16.3. The summed E-state index contributed by atoms with van der Waals surface area (Å²) in [6.07, 6.45) is 0. The number of furan rings is 1. The van der Waals surface area contributed by atoms with E-state index < -0.39 is 42.3 Å². The Morgan fingerprint density at radius 2 is 1.02 bits per heavy atom. The molecule has 10 rings (SSSR count). The molecule has 0 aliphatic rings. The highest BCUT2D eigenvalue weighted by molar-refractivity contribution is 6.26. The van der Waals surface area contributed by atoms with Gasteiger partial charge in [0.2, 0.25) is 0 Å². The van der Waals surface area contributed by atoms with E-state index in [4.69, 9.17) is 11.3 Å². The molecule has 0 N–H and O–H groups in total. The van der Waals surface area contributed by atoms with Crippen LogP contribution in [0.1, 0.15) is 12.3 Å². The highest BCUT2D eigenvalue weighted by Gasteiger charge is 2.21. The zero-order valence-electron chi connectivity index (χ0n) is 35.0. The SMILES string of the molecule is [2H]c1c([2H])c([2H])c(-c2c([2H])c([2H])c(-c3c4ccccc4c(-c4cccc5oc6cc7ccccc7cc6c45)c4ccc(-c5ccccc5)cc34)c([2H])c2[2H])c([2H])c1[2H]. The molecule has 1 nitrogen and oxygen atoms in total. The number of hydrogen-bond donors (Lipinski definition) is 0. The van der Waals surface area contributed by atoms with Gasteiger partial charge in [-0.3, -0.25) is 0 Å². The van der Waals surface area contributed by atoms with Crippen molar-refractivity contribution >= 4 is 54.3 Å². The first kappa shape index (κ1) is 20.0. The van der Waals surface area contributed by atoms with Crippen LogP contribution in [0.5, 0.6) is 0 Å². The molecule has 1 heterocycles. The van der Waals surface area contributed by atoms with Gasteiger partial charge >= 0.3 is 0 Å².